The molecule has 0 unspecified atom stereocenters. The normalized spacial score (nSPS) is 18.3. The maximum atomic E-state index is 8.84. The minimum Gasteiger partial charge on any atom is -0.496 e. The van der Waals surface area contributed by atoms with Crippen LogP contribution in [-0.2, 0) is 0 Å². The topological polar surface area (TPSA) is 135 Å². The Bertz CT molecular complexity index is 1090. The first kappa shape index (κ1) is 20.9. The van der Waals surface area contributed by atoms with Crippen LogP contribution in [0.2, 0.25) is 5.02 Å². The summed E-state index contributed by atoms with van der Waals surface area (Å²) in [7, 11) is 1.58. The quantitative estimate of drug-likeness (QED) is 0.527. The largest absolute Gasteiger partial charge is 0.496 e. The molecule has 9 nitrogen and oxygen atoms in total. The lowest BCUT2D eigenvalue weighted by Crippen LogP contribution is -2.31. The van der Waals surface area contributed by atoms with Crippen LogP contribution in [0.5, 0.6) is 11.5 Å². The maximum Gasteiger partial charge on any atom is 0.158 e. The molecule has 0 spiro atoms. The first-order chi connectivity index (χ1) is 15.1. The second-order valence-electron chi connectivity index (χ2n) is 7.33. The van der Waals surface area contributed by atoms with Crippen molar-refractivity contribution in [2.24, 2.45) is 5.73 Å². The Labute approximate surface area is 184 Å². The van der Waals surface area contributed by atoms with Gasteiger partial charge < -0.3 is 20.5 Å². The summed E-state index contributed by atoms with van der Waals surface area (Å²) in [5.41, 5.74) is 7.69. The Kier molecular flexibility index (Phi) is 6.21. The summed E-state index contributed by atoms with van der Waals surface area (Å²) in [6.07, 6.45) is 6.57. The Morgan fingerprint density at radius 2 is 1.90 bits per heavy atom. The number of halogens is 1. The number of anilines is 2. The van der Waals surface area contributed by atoms with Gasteiger partial charge in [0.05, 0.1) is 36.9 Å². The number of nitrogens with two attached hydrogens (primary N) is 1. The monoisotopic (exact) mass is 439 g/mol. The molecule has 1 saturated carbocycles. The first-order valence-corrected chi connectivity index (χ1v) is 10.3. The summed E-state index contributed by atoms with van der Waals surface area (Å²) >= 11 is 6.31. The van der Waals surface area contributed by atoms with E-state index in [0.29, 0.717) is 33.9 Å². The van der Waals surface area contributed by atoms with Crippen LogP contribution in [0, 0.1) is 11.3 Å². The van der Waals surface area contributed by atoms with E-state index >= 15 is 0 Å². The molecule has 10 heteroatoms. The van der Waals surface area contributed by atoms with Crippen LogP contribution in [0.1, 0.15) is 31.4 Å². The van der Waals surface area contributed by atoms with Gasteiger partial charge in [-0.05, 0) is 37.8 Å². The number of hydrogen-bond acceptors (Lipinski definition) is 8. The van der Waals surface area contributed by atoms with Gasteiger partial charge in [0.1, 0.15) is 23.4 Å². The van der Waals surface area contributed by atoms with Gasteiger partial charge in [0.2, 0.25) is 0 Å². The average molecular weight is 440 g/mol. The van der Waals surface area contributed by atoms with Crippen molar-refractivity contribution < 1.29 is 9.47 Å². The van der Waals surface area contributed by atoms with Crippen LogP contribution in [0.25, 0.3) is 11.3 Å². The van der Waals surface area contributed by atoms with Gasteiger partial charge >= 0.3 is 0 Å². The lowest BCUT2D eigenvalue weighted by Gasteiger charge is -2.28. The smallest absolute Gasteiger partial charge is 0.158 e. The van der Waals surface area contributed by atoms with E-state index in [9.17, 15) is 0 Å². The van der Waals surface area contributed by atoms with Crippen molar-refractivity contribution in [3.63, 3.8) is 0 Å². The highest BCUT2D eigenvalue weighted by Crippen LogP contribution is 2.42. The summed E-state index contributed by atoms with van der Waals surface area (Å²) in [5.74, 6) is 2.19. The SMILES string of the molecule is COc1cc(Cl)cc(OC2CCC(N)CC2)c1-c1cc(Nc2cnc(C#N)cn2)n[nH]1. The van der Waals surface area contributed by atoms with E-state index in [-0.39, 0.29) is 17.8 Å². The molecular weight excluding hydrogens is 418 g/mol. The van der Waals surface area contributed by atoms with Crippen molar-refractivity contribution >= 4 is 23.2 Å². The van der Waals surface area contributed by atoms with Crippen molar-refractivity contribution in [3.05, 3.63) is 41.3 Å². The van der Waals surface area contributed by atoms with Gasteiger partial charge in [-0.2, -0.15) is 10.4 Å². The van der Waals surface area contributed by atoms with Gasteiger partial charge in [-0.15, -0.1) is 0 Å². The molecule has 1 aliphatic rings. The Morgan fingerprint density at radius 3 is 2.58 bits per heavy atom. The molecule has 0 bridgehead atoms. The van der Waals surface area contributed by atoms with Gasteiger partial charge in [0.25, 0.3) is 0 Å². The van der Waals surface area contributed by atoms with E-state index in [4.69, 9.17) is 32.1 Å². The van der Waals surface area contributed by atoms with Crippen molar-refractivity contribution in [2.75, 3.05) is 12.4 Å². The Balaban J connectivity index is 1.61. The molecule has 0 atom stereocenters. The zero-order chi connectivity index (χ0) is 21.8. The zero-order valence-corrected chi connectivity index (χ0v) is 17.7. The number of H-pyrrole nitrogens is 1. The molecule has 0 radical (unpaired) electrons. The number of methoxy groups -OCH3 is 1. The molecule has 160 valence electrons. The van der Waals surface area contributed by atoms with E-state index < -0.39 is 0 Å². The number of nitrogens with zero attached hydrogens (tertiary/aromatic N) is 4. The molecule has 3 aromatic rings. The van der Waals surface area contributed by atoms with Crippen molar-refractivity contribution in [3.8, 4) is 28.8 Å². The second-order valence-corrected chi connectivity index (χ2v) is 7.76. The summed E-state index contributed by atoms with van der Waals surface area (Å²) in [6, 6.07) is 7.51. The Morgan fingerprint density at radius 1 is 1.13 bits per heavy atom. The van der Waals surface area contributed by atoms with Crippen molar-refractivity contribution in [1.29, 1.82) is 5.26 Å². The highest BCUT2D eigenvalue weighted by molar-refractivity contribution is 6.31. The molecule has 1 aromatic carbocycles. The Hall–Kier alpha value is -3.35. The summed E-state index contributed by atoms with van der Waals surface area (Å²) in [4.78, 5) is 8.14. The highest BCUT2D eigenvalue weighted by atomic mass is 35.5. The number of hydrogen-bond donors (Lipinski definition) is 3. The fraction of sp³-hybridized carbons (Fsp3) is 0.333. The average Bonchev–Trinajstić information content (AvgIpc) is 3.23. The molecule has 0 amide bonds. The van der Waals surface area contributed by atoms with Gasteiger partial charge in [-0.1, -0.05) is 11.6 Å². The lowest BCUT2D eigenvalue weighted by atomic mass is 9.93. The highest BCUT2D eigenvalue weighted by Gasteiger charge is 2.24. The van der Waals surface area contributed by atoms with Crippen LogP contribution in [0.15, 0.2) is 30.6 Å². The minimum absolute atomic E-state index is 0.0659. The number of rotatable bonds is 6. The fourth-order valence-corrected chi connectivity index (χ4v) is 3.76. The molecule has 0 aliphatic heterocycles. The van der Waals surface area contributed by atoms with Crippen LogP contribution in [0.3, 0.4) is 0 Å². The third-order valence-electron chi connectivity index (χ3n) is 5.13. The molecule has 2 aromatic heterocycles. The number of nitrogens with one attached hydrogen (secondary N) is 2. The molecule has 31 heavy (non-hydrogen) atoms. The summed E-state index contributed by atoms with van der Waals surface area (Å²) < 4.78 is 11.9. The number of ether oxygens (including phenoxy) is 2. The van der Waals surface area contributed by atoms with Crippen LogP contribution in [-0.4, -0.2) is 39.4 Å². The minimum atomic E-state index is 0.0659. The van der Waals surface area contributed by atoms with E-state index in [0.717, 1.165) is 31.2 Å². The number of benzene rings is 1. The van der Waals surface area contributed by atoms with E-state index in [1.807, 2.05) is 12.1 Å². The number of aromatic amines is 1. The van der Waals surface area contributed by atoms with E-state index in [1.54, 1.807) is 19.2 Å². The van der Waals surface area contributed by atoms with Crippen LogP contribution < -0.4 is 20.5 Å². The second kappa shape index (κ2) is 9.20. The predicted molar refractivity (Wildman–Crippen MR) is 116 cm³/mol. The van der Waals surface area contributed by atoms with Gasteiger partial charge in [-0.3, -0.25) is 5.10 Å². The van der Waals surface area contributed by atoms with Crippen molar-refractivity contribution in [1.82, 2.24) is 20.2 Å². The molecule has 1 fully saturated rings. The van der Waals surface area contributed by atoms with Gasteiger partial charge in [0, 0.05) is 17.1 Å². The molecule has 1 aliphatic carbocycles. The standard InChI is InChI=1S/C21H22ClN7O2/c1-30-17-6-12(22)7-18(31-15-4-2-13(24)3-5-15)21(17)16-8-19(29-28-16)27-20-11-25-14(9-23)10-26-20/h6-8,10-11,13,15H,2-5,24H2,1H3,(H2,26,27,28,29). The fourth-order valence-electron chi connectivity index (χ4n) is 3.56. The number of nitriles is 1. The van der Waals surface area contributed by atoms with Gasteiger partial charge in [0.15, 0.2) is 11.5 Å². The predicted octanol–water partition coefficient (Wildman–Crippen LogP) is 3.79. The van der Waals surface area contributed by atoms with Crippen LogP contribution in [0.4, 0.5) is 11.6 Å². The molecule has 4 rings (SSSR count). The molecule has 0 saturated heterocycles. The summed E-state index contributed by atoms with van der Waals surface area (Å²) in [5, 5.41) is 19.7. The third-order valence-corrected chi connectivity index (χ3v) is 5.35. The van der Waals surface area contributed by atoms with Gasteiger partial charge in [-0.25, -0.2) is 9.97 Å². The molecule has 4 N–H and O–H groups in total. The van der Waals surface area contributed by atoms with E-state index in [1.165, 1.54) is 12.4 Å². The van der Waals surface area contributed by atoms with Crippen molar-refractivity contribution in [2.45, 2.75) is 37.8 Å². The maximum absolute atomic E-state index is 8.84. The third kappa shape index (κ3) is 4.87. The molecular formula is C21H22ClN7O2. The number of aromatic nitrogens is 4. The molecule has 2 heterocycles. The first-order valence-electron chi connectivity index (χ1n) is 9.90. The lowest BCUT2D eigenvalue weighted by molar-refractivity contribution is 0.147. The zero-order valence-electron chi connectivity index (χ0n) is 16.9. The van der Waals surface area contributed by atoms with E-state index in [2.05, 4.69) is 25.5 Å². The summed E-state index contributed by atoms with van der Waals surface area (Å²) in [6.45, 7) is 0. The van der Waals surface area contributed by atoms with Crippen LogP contribution >= 0.6 is 11.6 Å².